The Bertz CT molecular complexity index is 210. The van der Waals surface area contributed by atoms with Crippen LogP contribution in [0.3, 0.4) is 0 Å². The van der Waals surface area contributed by atoms with Gasteiger partial charge >= 0.3 is 0 Å². The van der Waals surface area contributed by atoms with E-state index < -0.39 is 17.8 Å². The molecule has 1 aliphatic heterocycles. The van der Waals surface area contributed by atoms with Crippen LogP contribution in [0.4, 0.5) is 4.39 Å². The van der Waals surface area contributed by atoms with Crippen molar-refractivity contribution in [3.05, 3.63) is 24.2 Å². The lowest BCUT2D eigenvalue weighted by molar-refractivity contribution is -0.119. The molecule has 1 heterocycles. The van der Waals surface area contributed by atoms with E-state index in [4.69, 9.17) is 5.73 Å². The Balaban J connectivity index is 2.73. The van der Waals surface area contributed by atoms with Crippen molar-refractivity contribution in [2.45, 2.75) is 6.04 Å². The van der Waals surface area contributed by atoms with Gasteiger partial charge < -0.3 is 11.1 Å². The Morgan fingerprint density at radius 2 is 2.50 bits per heavy atom. The number of hydrogen-bond acceptors (Lipinski definition) is 2. The van der Waals surface area contributed by atoms with Crippen LogP contribution in [0, 0.1) is 0 Å². The standard InChI is InChI=1S/C6H7FN2O/c7-4-2-1-3-9-5(4)6(8)10/h1-3,5,9H,(H2,8,10). The molecule has 1 rings (SSSR count). The van der Waals surface area contributed by atoms with Crippen LogP contribution >= 0.6 is 0 Å². The molecule has 1 unspecified atom stereocenters. The van der Waals surface area contributed by atoms with Crippen molar-refractivity contribution in [1.29, 1.82) is 0 Å². The highest BCUT2D eigenvalue weighted by Gasteiger charge is 2.19. The third-order valence-corrected chi connectivity index (χ3v) is 1.17. The summed E-state index contributed by atoms with van der Waals surface area (Å²) in [5.74, 6) is -1.26. The highest BCUT2D eigenvalue weighted by atomic mass is 19.1. The first-order chi connectivity index (χ1) is 4.72. The van der Waals surface area contributed by atoms with Crippen LogP contribution in [0.1, 0.15) is 0 Å². The monoisotopic (exact) mass is 142 g/mol. The predicted molar refractivity (Wildman–Crippen MR) is 34.4 cm³/mol. The molecule has 54 valence electrons. The van der Waals surface area contributed by atoms with E-state index in [-0.39, 0.29) is 0 Å². The maximum Gasteiger partial charge on any atom is 0.246 e. The summed E-state index contributed by atoms with van der Waals surface area (Å²) in [7, 11) is 0. The second-order valence-corrected chi connectivity index (χ2v) is 1.91. The van der Waals surface area contributed by atoms with Gasteiger partial charge in [0.05, 0.1) is 0 Å². The molecule has 10 heavy (non-hydrogen) atoms. The largest absolute Gasteiger partial charge is 0.374 e. The summed E-state index contributed by atoms with van der Waals surface area (Å²) in [4.78, 5) is 10.4. The quantitative estimate of drug-likeness (QED) is 0.533. The summed E-state index contributed by atoms with van der Waals surface area (Å²) in [6, 6.07) is -0.981. The number of carbonyl (C=O) groups excluding carboxylic acids is 1. The normalized spacial score (nSPS) is 23.3. The van der Waals surface area contributed by atoms with Crippen molar-refractivity contribution < 1.29 is 9.18 Å². The van der Waals surface area contributed by atoms with Crippen LogP contribution in [0.15, 0.2) is 24.2 Å². The Morgan fingerprint density at radius 1 is 1.80 bits per heavy atom. The molecule has 1 aliphatic rings. The number of primary amides is 1. The topological polar surface area (TPSA) is 55.1 Å². The molecule has 0 aliphatic carbocycles. The van der Waals surface area contributed by atoms with Gasteiger partial charge in [0.1, 0.15) is 5.83 Å². The number of hydrogen-bond donors (Lipinski definition) is 2. The van der Waals surface area contributed by atoms with Crippen LogP contribution in [-0.4, -0.2) is 11.9 Å². The summed E-state index contributed by atoms with van der Waals surface area (Å²) < 4.78 is 12.5. The summed E-state index contributed by atoms with van der Waals surface area (Å²) in [5, 5.41) is 2.47. The van der Waals surface area contributed by atoms with E-state index in [1.165, 1.54) is 18.4 Å². The maximum atomic E-state index is 12.5. The zero-order valence-corrected chi connectivity index (χ0v) is 5.17. The number of carbonyl (C=O) groups is 1. The van der Waals surface area contributed by atoms with Crippen LogP contribution < -0.4 is 11.1 Å². The number of rotatable bonds is 1. The molecule has 0 spiro atoms. The molecular formula is C6H7FN2O. The fraction of sp³-hybridized carbons (Fsp3) is 0.167. The zero-order valence-electron chi connectivity index (χ0n) is 5.17. The van der Waals surface area contributed by atoms with Crippen molar-refractivity contribution in [2.24, 2.45) is 5.73 Å². The molecular weight excluding hydrogens is 135 g/mol. The van der Waals surface area contributed by atoms with Gasteiger partial charge in [-0.05, 0) is 18.4 Å². The molecule has 0 saturated carbocycles. The van der Waals surface area contributed by atoms with E-state index in [1.54, 1.807) is 0 Å². The molecule has 0 fully saturated rings. The van der Waals surface area contributed by atoms with Gasteiger partial charge in [-0.3, -0.25) is 4.79 Å². The zero-order chi connectivity index (χ0) is 7.56. The van der Waals surface area contributed by atoms with E-state index >= 15 is 0 Å². The smallest absolute Gasteiger partial charge is 0.246 e. The molecule has 3 nitrogen and oxygen atoms in total. The Labute approximate surface area is 57.4 Å². The first-order valence-electron chi connectivity index (χ1n) is 2.79. The highest BCUT2D eigenvalue weighted by Crippen LogP contribution is 2.07. The Hall–Kier alpha value is -1.32. The number of nitrogens with two attached hydrogens (primary N) is 1. The maximum absolute atomic E-state index is 12.5. The minimum Gasteiger partial charge on any atom is -0.374 e. The predicted octanol–water partition coefficient (Wildman–Crippen LogP) is -0.189. The lowest BCUT2D eigenvalue weighted by Crippen LogP contribution is -2.40. The van der Waals surface area contributed by atoms with Gasteiger partial charge in [0.2, 0.25) is 5.91 Å². The average molecular weight is 142 g/mol. The van der Waals surface area contributed by atoms with Gasteiger partial charge in [0.25, 0.3) is 0 Å². The fourth-order valence-corrected chi connectivity index (χ4v) is 0.686. The van der Waals surface area contributed by atoms with Crippen LogP contribution in [0.25, 0.3) is 0 Å². The molecule has 4 heteroatoms. The van der Waals surface area contributed by atoms with E-state index in [2.05, 4.69) is 5.32 Å². The lowest BCUT2D eigenvalue weighted by Gasteiger charge is -2.13. The third kappa shape index (κ3) is 1.15. The molecule has 0 aromatic rings. The van der Waals surface area contributed by atoms with Crippen molar-refractivity contribution in [3.8, 4) is 0 Å². The van der Waals surface area contributed by atoms with Gasteiger partial charge in [-0.25, -0.2) is 4.39 Å². The minimum atomic E-state index is -0.981. The molecule has 1 amide bonds. The number of nitrogens with one attached hydrogen (secondary N) is 1. The second-order valence-electron chi connectivity index (χ2n) is 1.91. The molecule has 0 aromatic carbocycles. The SMILES string of the molecule is NC(=O)C1NC=CC=C1F. The first kappa shape index (κ1) is 6.80. The van der Waals surface area contributed by atoms with Gasteiger partial charge in [-0.15, -0.1) is 0 Å². The molecule has 0 saturated heterocycles. The van der Waals surface area contributed by atoms with Crippen molar-refractivity contribution in [3.63, 3.8) is 0 Å². The van der Waals surface area contributed by atoms with Gasteiger partial charge in [-0.1, -0.05) is 0 Å². The van der Waals surface area contributed by atoms with Crippen molar-refractivity contribution in [1.82, 2.24) is 5.32 Å². The highest BCUT2D eigenvalue weighted by molar-refractivity contribution is 5.83. The lowest BCUT2D eigenvalue weighted by atomic mass is 10.2. The van der Waals surface area contributed by atoms with Crippen LogP contribution in [0.5, 0.6) is 0 Å². The molecule has 0 aromatic heterocycles. The minimum absolute atomic E-state index is 0.546. The first-order valence-corrected chi connectivity index (χ1v) is 2.79. The second kappa shape index (κ2) is 2.51. The van der Waals surface area contributed by atoms with Gasteiger partial charge in [0, 0.05) is 0 Å². The van der Waals surface area contributed by atoms with E-state index in [1.807, 2.05) is 0 Å². The van der Waals surface area contributed by atoms with Crippen LogP contribution in [0.2, 0.25) is 0 Å². The molecule has 0 bridgehead atoms. The van der Waals surface area contributed by atoms with Crippen LogP contribution in [-0.2, 0) is 4.79 Å². The Kier molecular flexibility index (Phi) is 1.71. The van der Waals surface area contributed by atoms with Crippen molar-refractivity contribution in [2.75, 3.05) is 0 Å². The van der Waals surface area contributed by atoms with E-state index in [9.17, 15) is 9.18 Å². The number of allylic oxidation sites excluding steroid dienone is 2. The summed E-state index contributed by atoms with van der Waals surface area (Å²) in [6.07, 6.45) is 4.14. The summed E-state index contributed by atoms with van der Waals surface area (Å²) in [6.45, 7) is 0. The third-order valence-electron chi connectivity index (χ3n) is 1.17. The summed E-state index contributed by atoms with van der Waals surface area (Å²) >= 11 is 0. The van der Waals surface area contributed by atoms with Crippen molar-refractivity contribution >= 4 is 5.91 Å². The fourth-order valence-electron chi connectivity index (χ4n) is 0.686. The van der Waals surface area contributed by atoms with E-state index in [0.717, 1.165) is 0 Å². The average Bonchev–Trinajstić information content (AvgIpc) is 1.88. The number of amides is 1. The molecule has 1 atom stereocenters. The number of halogens is 1. The molecule has 0 radical (unpaired) electrons. The summed E-state index contributed by atoms with van der Waals surface area (Å²) in [5.41, 5.74) is 4.84. The number of dihydropyridines is 1. The molecule has 3 N–H and O–H groups in total. The van der Waals surface area contributed by atoms with Gasteiger partial charge in [-0.2, -0.15) is 0 Å². The Morgan fingerprint density at radius 3 is 2.90 bits per heavy atom. The van der Waals surface area contributed by atoms with E-state index in [0.29, 0.717) is 0 Å². The van der Waals surface area contributed by atoms with Gasteiger partial charge in [0.15, 0.2) is 6.04 Å².